The molecule has 2 rings (SSSR count). The van der Waals surface area contributed by atoms with Gasteiger partial charge in [-0.15, -0.1) is 0 Å². The normalized spacial score (nSPS) is 17.5. The molecule has 1 aliphatic rings. The number of piperidine rings is 1. The van der Waals surface area contributed by atoms with Gasteiger partial charge in [-0.2, -0.15) is 0 Å². The summed E-state index contributed by atoms with van der Waals surface area (Å²) in [6.45, 7) is 3.20. The summed E-state index contributed by atoms with van der Waals surface area (Å²) in [6.07, 6.45) is 1.38. The van der Waals surface area contributed by atoms with Crippen LogP contribution in [0.2, 0.25) is 5.02 Å². The van der Waals surface area contributed by atoms with Crippen molar-refractivity contribution in [1.29, 1.82) is 0 Å². The quantitative estimate of drug-likeness (QED) is 0.857. The van der Waals surface area contributed by atoms with Crippen molar-refractivity contribution in [3.8, 4) is 5.75 Å². The van der Waals surface area contributed by atoms with Gasteiger partial charge in [0.2, 0.25) is 11.8 Å². The van der Waals surface area contributed by atoms with E-state index in [0.29, 0.717) is 42.4 Å². The molecule has 1 heterocycles. The van der Waals surface area contributed by atoms with Crippen molar-refractivity contribution in [2.24, 2.45) is 11.7 Å². The van der Waals surface area contributed by atoms with Gasteiger partial charge in [0.15, 0.2) is 0 Å². The smallest absolute Gasteiger partial charge is 0.241 e. The van der Waals surface area contributed by atoms with Gasteiger partial charge in [0.25, 0.3) is 0 Å². The number of amides is 2. The van der Waals surface area contributed by atoms with Crippen LogP contribution in [0.25, 0.3) is 0 Å². The highest BCUT2D eigenvalue weighted by Crippen LogP contribution is 2.28. The number of carbonyl (C=O) groups excluding carboxylic acids is 2. The Balaban J connectivity index is 1.98. The first-order valence-electron chi connectivity index (χ1n) is 7.60. The predicted octanol–water partition coefficient (Wildman–Crippen LogP) is 1.87. The Labute approximate surface area is 140 Å². The van der Waals surface area contributed by atoms with E-state index in [1.165, 1.54) is 7.11 Å². The second kappa shape index (κ2) is 7.66. The van der Waals surface area contributed by atoms with E-state index in [1.54, 1.807) is 18.2 Å². The molecule has 1 fully saturated rings. The molecule has 2 amide bonds. The molecule has 23 heavy (non-hydrogen) atoms. The number of ether oxygens (including phenoxy) is 1. The Hall–Kier alpha value is -1.79. The van der Waals surface area contributed by atoms with E-state index in [9.17, 15) is 9.59 Å². The van der Waals surface area contributed by atoms with Gasteiger partial charge in [0, 0.05) is 10.9 Å². The average molecular weight is 340 g/mol. The number of primary amides is 1. The van der Waals surface area contributed by atoms with Crippen LogP contribution in [0.4, 0.5) is 5.69 Å². The molecule has 126 valence electrons. The van der Waals surface area contributed by atoms with Crippen molar-refractivity contribution in [2.45, 2.75) is 25.8 Å². The molecule has 0 aromatic heterocycles. The zero-order valence-electron chi connectivity index (χ0n) is 13.3. The second-order valence-electron chi connectivity index (χ2n) is 5.72. The Kier molecular flexibility index (Phi) is 5.85. The number of halogens is 1. The van der Waals surface area contributed by atoms with E-state index < -0.39 is 0 Å². The highest BCUT2D eigenvalue weighted by Gasteiger charge is 2.29. The molecule has 1 aliphatic heterocycles. The zero-order valence-corrected chi connectivity index (χ0v) is 14.1. The number of carbonyl (C=O) groups is 2. The van der Waals surface area contributed by atoms with E-state index in [0.717, 1.165) is 0 Å². The van der Waals surface area contributed by atoms with Crippen molar-refractivity contribution < 1.29 is 14.3 Å². The van der Waals surface area contributed by atoms with Gasteiger partial charge in [0.1, 0.15) is 5.75 Å². The van der Waals surface area contributed by atoms with Gasteiger partial charge in [-0.3, -0.25) is 14.5 Å². The molecule has 1 saturated heterocycles. The Morgan fingerprint density at radius 1 is 1.39 bits per heavy atom. The van der Waals surface area contributed by atoms with Gasteiger partial charge >= 0.3 is 0 Å². The maximum Gasteiger partial charge on any atom is 0.241 e. The minimum Gasteiger partial charge on any atom is -0.495 e. The van der Waals surface area contributed by atoms with E-state index in [1.807, 2.05) is 11.8 Å². The Morgan fingerprint density at radius 2 is 2.04 bits per heavy atom. The summed E-state index contributed by atoms with van der Waals surface area (Å²) >= 11 is 5.97. The number of nitrogens with one attached hydrogen (secondary N) is 1. The van der Waals surface area contributed by atoms with Crippen LogP contribution < -0.4 is 15.8 Å². The summed E-state index contributed by atoms with van der Waals surface area (Å²) in [6, 6.07) is 4.76. The lowest BCUT2D eigenvalue weighted by molar-refractivity contribution is -0.124. The molecule has 0 aliphatic carbocycles. The summed E-state index contributed by atoms with van der Waals surface area (Å²) in [4.78, 5) is 25.7. The first-order chi connectivity index (χ1) is 10.9. The van der Waals surface area contributed by atoms with E-state index >= 15 is 0 Å². The third kappa shape index (κ3) is 4.36. The third-order valence-corrected chi connectivity index (χ3v) is 4.51. The number of nitrogens with zero attached hydrogens (tertiary/aromatic N) is 1. The minimum absolute atomic E-state index is 0.0884. The Morgan fingerprint density at radius 3 is 2.61 bits per heavy atom. The van der Waals surface area contributed by atoms with Gasteiger partial charge < -0.3 is 15.8 Å². The zero-order chi connectivity index (χ0) is 17.0. The van der Waals surface area contributed by atoms with Crippen LogP contribution in [0.3, 0.4) is 0 Å². The molecule has 1 aromatic carbocycles. The number of methoxy groups -OCH3 is 1. The molecule has 6 nitrogen and oxygen atoms in total. The lowest BCUT2D eigenvalue weighted by Crippen LogP contribution is -2.47. The molecule has 1 aromatic rings. The highest BCUT2D eigenvalue weighted by atomic mass is 35.5. The van der Waals surface area contributed by atoms with E-state index in [4.69, 9.17) is 22.1 Å². The first-order valence-corrected chi connectivity index (χ1v) is 7.98. The van der Waals surface area contributed by atoms with Crippen LogP contribution in [0, 0.1) is 5.92 Å². The van der Waals surface area contributed by atoms with Gasteiger partial charge in [-0.25, -0.2) is 0 Å². The summed E-state index contributed by atoms with van der Waals surface area (Å²) in [5.74, 6) is 0.0745. The number of rotatable bonds is 5. The molecular formula is C16H22ClN3O3. The first kappa shape index (κ1) is 17.6. The summed E-state index contributed by atoms with van der Waals surface area (Å²) in [5.41, 5.74) is 5.88. The standard InChI is InChI=1S/C16H22ClN3O3/c1-10(20-7-5-11(6-8-20)15(18)21)16(22)19-13-9-12(17)3-4-14(13)23-2/h3-4,9-11H,5-8H2,1-2H3,(H2,18,21)(H,19,22)/t10-/m1/s1. The lowest BCUT2D eigenvalue weighted by atomic mass is 9.95. The third-order valence-electron chi connectivity index (χ3n) is 4.28. The molecule has 3 N–H and O–H groups in total. The van der Waals surface area contributed by atoms with Gasteiger partial charge in [0.05, 0.1) is 18.8 Å². The molecule has 0 radical (unpaired) electrons. The fourth-order valence-corrected chi connectivity index (χ4v) is 2.92. The fraction of sp³-hybridized carbons (Fsp3) is 0.500. The van der Waals surface area contributed by atoms with Crippen LogP contribution in [-0.2, 0) is 9.59 Å². The number of likely N-dealkylation sites (tertiary alicyclic amines) is 1. The van der Waals surface area contributed by atoms with Crippen molar-refractivity contribution in [1.82, 2.24) is 4.90 Å². The topological polar surface area (TPSA) is 84.7 Å². The SMILES string of the molecule is COc1ccc(Cl)cc1NC(=O)[C@@H](C)N1CCC(C(N)=O)CC1. The van der Waals surface area contributed by atoms with Gasteiger partial charge in [-0.05, 0) is 51.1 Å². The molecular weight excluding hydrogens is 318 g/mol. The largest absolute Gasteiger partial charge is 0.495 e. The summed E-state index contributed by atoms with van der Waals surface area (Å²) < 4.78 is 5.23. The molecule has 0 unspecified atom stereocenters. The van der Waals surface area contributed by atoms with Crippen molar-refractivity contribution in [3.05, 3.63) is 23.2 Å². The molecule has 7 heteroatoms. The molecule has 0 saturated carbocycles. The van der Waals surface area contributed by atoms with Crippen molar-refractivity contribution >= 4 is 29.1 Å². The maximum absolute atomic E-state index is 12.5. The fourth-order valence-electron chi connectivity index (χ4n) is 2.75. The number of nitrogens with two attached hydrogens (primary N) is 1. The second-order valence-corrected chi connectivity index (χ2v) is 6.16. The average Bonchev–Trinajstić information content (AvgIpc) is 2.54. The van der Waals surface area contributed by atoms with Crippen LogP contribution in [0.15, 0.2) is 18.2 Å². The van der Waals surface area contributed by atoms with Crippen LogP contribution in [0.5, 0.6) is 5.75 Å². The molecule has 0 bridgehead atoms. The number of benzene rings is 1. The Bertz CT molecular complexity index is 586. The number of hydrogen-bond donors (Lipinski definition) is 2. The highest BCUT2D eigenvalue weighted by molar-refractivity contribution is 6.31. The van der Waals surface area contributed by atoms with Crippen molar-refractivity contribution in [3.63, 3.8) is 0 Å². The summed E-state index contributed by atoms with van der Waals surface area (Å²) in [7, 11) is 1.54. The number of anilines is 1. The number of hydrogen-bond acceptors (Lipinski definition) is 4. The predicted molar refractivity (Wildman–Crippen MR) is 89.6 cm³/mol. The minimum atomic E-state index is -0.312. The lowest BCUT2D eigenvalue weighted by Gasteiger charge is -2.34. The van der Waals surface area contributed by atoms with Crippen LogP contribution >= 0.6 is 11.6 Å². The molecule has 0 spiro atoms. The van der Waals surface area contributed by atoms with Crippen molar-refractivity contribution in [2.75, 3.05) is 25.5 Å². The maximum atomic E-state index is 12.5. The molecule has 1 atom stereocenters. The van der Waals surface area contributed by atoms with Crippen LogP contribution in [-0.4, -0.2) is 43.0 Å². The van der Waals surface area contributed by atoms with Gasteiger partial charge in [-0.1, -0.05) is 11.6 Å². The van der Waals surface area contributed by atoms with E-state index in [2.05, 4.69) is 5.32 Å². The van der Waals surface area contributed by atoms with Crippen LogP contribution in [0.1, 0.15) is 19.8 Å². The summed E-state index contributed by atoms with van der Waals surface area (Å²) in [5, 5.41) is 3.38. The monoisotopic (exact) mass is 339 g/mol. The van der Waals surface area contributed by atoms with E-state index in [-0.39, 0.29) is 23.8 Å².